The van der Waals surface area contributed by atoms with E-state index >= 15 is 0 Å². The third kappa shape index (κ3) is 4.84. The molecule has 8 heteroatoms. The number of ether oxygens (including phenoxy) is 1. The third-order valence-corrected chi connectivity index (χ3v) is 4.66. The third-order valence-electron chi connectivity index (χ3n) is 4.07. The second-order valence-corrected chi connectivity index (χ2v) is 8.62. The Morgan fingerprint density at radius 2 is 2.07 bits per heavy atom. The van der Waals surface area contributed by atoms with Crippen molar-refractivity contribution in [2.24, 2.45) is 0 Å². The first kappa shape index (κ1) is 19.3. The fraction of sp³-hybridized carbons (Fsp3) is 0.368. The van der Waals surface area contributed by atoms with Crippen LogP contribution in [0.1, 0.15) is 31.4 Å². The van der Waals surface area contributed by atoms with Gasteiger partial charge in [0.25, 0.3) is 15.7 Å². The predicted molar refractivity (Wildman–Crippen MR) is 102 cm³/mol. The Hall–Kier alpha value is -2.45. The summed E-state index contributed by atoms with van der Waals surface area (Å²) >= 11 is 0. The summed E-state index contributed by atoms with van der Waals surface area (Å²) in [6, 6.07) is 5.19. The minimum absolute atomic E-state index is 0.0949. The number of aromatic nitrogens is 2. The van der Waals surface area contributed by atoms with Crippen LogP contribution < -0.4 is 10.3 Å². The molecular weight excluding hydrogens is 368 g/mol. The average Bonchev–Trinajstić information content (AvgIpc) is 2.56. The van der Waals surface area contributed by atoms with Crippen LogP contribution in [0, 0.1) is 0 Å². The number of nitrogens with zero attached hydrogens (tertiary/aromatic N) is 2. The van der Waals surface area contributed by atoms with Gasteiger partial charge in [-0.1, -0.05) is 0 Å². The molecule has 2 aromatic heterocycles. The first-order chi connectivity index (χ1) is 12.6. The SMILES string of the molecule is CC1(C)C=C(n2ccc(CCCOS(C)(=O)=O)cc2=O)c2cnccc2O1. The summed E-state index contributed by atoms with van der Waals surface area (Å²) in [6.45, 7) is 3.95. The summed E-state index contributed by atoms with van der Waals surface area (Å²) in [4.78, 5) is 16.8. The van der Waals surface area contributed by atoms with Crippen molar-refractivity contribution in [1.82, 2.24) is 9.55 Å². The number of rotatable bonds is 6. The summed E-state index contributed by atoms with van der Waals surface area (Å²) in [5, 5.41) is 0. The summed E-state index contributed by atoms with van der Waals surface area (Å²) in [5.74, 6) is 0.682. The van der Waals surface area contributed by atoms with Crippen LogP contribution in [-0.4, -0.2) is 36.4 Å². The highest BCUT2D eigenvalue weighted by Gasteiger charge is 2.27. The number of hydrogen-bond donors (Lipinski definition) is 0. The Bertz CT molecular complexity index is 1040. The van der Waals surface area contributed by atoms with E-state index in [1.54, 1.807) is 35.3 Å². The van der Waals surface area contributed by atoms with Gasteiger partial charge in [-0.3, -0.25) is 18.5 Å². The van der Waals surface area contributed by atoms with Crippen molar-refractivity contribution in [3.63, 3.8) is 0 Å². The van der Waals surface area contributed by atoms with Crippen LogP contribution in [0.3, 0.4) is 0 Å². The lowest BCUT2D eigenvalue weighted by Gasteiger charge is -2.31. The number of hydrogen-bond acceptors (Lipinski definition) is 6. The van der Waals surface area contributed by atoms with Gasteiger partial charge in [0, 0.05) is 24.7 Å². The maximum Gasteiger partial charge on any atom is 0.264 e. The van der Waals surface area contributed by atoms with Crippen LogP contribution in [0.2, 0.25) is 0 Å². The predicted octanol–water partition coefficient (Wildman–Crippen LogP) is 2.21. The summed E-state index contributed by atoms with van der Waals surface area (Å²) in [7, 11) is -3.44. The molecule has 27 heavy (non-hydrogen) atoms. The van der Waals surface area contributed by atoms with Gasteiger partial charge in [-0.2, -0.15) is 8.42 Å². The molecule has 0 N–H and O–H groups in total. The van der Waals surface area contributed by atoms with Gasteiger partial charge in [-0.15, -0.1) is 0 Å². The van der Waals surface area contributed by atoms with Gasteiger partial charge in [0.1, 0.15) is 11.4 Å². The molecule has 144 valence electrons. The highest BCUT2D eigenvalue weighted by molar-refractivity contribution is 7.85. The molecule has 1 aliphatic rings. The molecule has 0 aliphatic carbocycles. The van der Waals surface area contributed by atoms with Crippen LogP contribution in [-0.2, 0) is 20.7 Å². The van der Waals surface area contributed by atoms with Crippen molar-refractivity contribution < 1.29 is 17.3 Å². The van der Waals surface area contributed by atoms with Crippen molar-refractivity contribution in [2.45, 2.75) is 32.3 Å². The standard InChI is InChI=1S/C19H22N2O5S/c1-19(2)12-16(15-13-20-8-6-17(15)26-19)21-9-7-14(11-18(21)22)5-4-10-25-27(3,23)24/h6-9,11-13H,4-5,10H2,1-3H3. The van der Waals surface area contributed by atoms with Crippen molar-refractivity contribution in [1.29, 1.82) is 0 Å². The topological polar surface area (TPSA) is 87.5 Å². The zero-order chi connectivity index (χ0) is 19.7. The van der Waals surface area contributed by atoms with Gasteiger partial charge in [-0.25, -0.2) is 0 Å². The summed E-state index contributed by atoms with van der Waals surface area (Å²) in [6.07, 6.45) is 9.03. The molecule has 0 bridgehead atoms. The molecule has 3 rings (SSSR count). The average molecular weight is 390 g/mol. The Morgan fingerprint density at radius 3 is 2.78 bits per heavy atom. The monoisotopic (exact) mass is 390 g/mol. The molecule has 7 nitrogen and oxygen atoms in total. The van der Waals surface area contributed by atoms with Crippen molar-refractivity contribution >= 4 is 15.8 Å². The molecule has 0 amide bonds. The first-order valence-electron chi connectivity index (χ1n) is 8.57. The molecule has 1 aliphatic heterocycles. The molecule has 0 saturated carbocycles. The van der Waals surface area contributed by atoms with Gasteiger partial charge in [0.2, 0.25) is 0 Å². The van der Waals surface area contributed by atoms with Crippen LogP contribution >= 0.6 is 0 Å². The van der Waals surface area contributed by atoms with E-state index in [-0.39, 0.29) is 12.2 Å². The van der Waals surface area contributed by atoms with E-state index in [1.807, 2.05) is 26.0 Å². The molecule has 3 heterocycles. The minimum atomic E-state index is -3.44. The zero-order valence-electron chi connectivity index (χ0n) is 15.5. The molecule has 0 atom stereocenters. The van der Waals surface area contributed by atoms with Gasteiger partial charge >= 0.3 is 0 Å². The number of pyridine rings is 2. The largest absolute Gasteiger partial charge is 0.483 e. The zero-order valence-corrected chi connectivity index (χ0v) is 16.3. The second kappa shape index (κ2) is 7.28. The maximum atomic E-state index is 12.7. The number of fused-ring (bicyclic) bond motifs is 1. The molecule has 0 fully saturated rings. The lowest BCUT2D eigenvalue weighted by Crippen LogP contribution is -2.32. The fourth-order valence-corrected chi connectivity index (χ4v) is 3.36. The van der Waals surface area contributed by atoms with Crippen LogP contribution in [0.15, 0.2) is 47.7 Å². The fourth-order valence-electron chi connectivity index (χ4n) is 2.94. The molecule has 2 aromatic rings. The summed E-state index contributed by atoms with van der Waals surface area (Å²) in [5.41, 5.74) is 1.59. The van der Waals surface area contributed by atoms with E-state index in [0.29, 0.717) is 18.6 Å². The molecule has 0 radical (unpaired) electrons. The lowest BCUT2D eigenvalue weighted by atomic mass is 10.00. The van der Waals surface area contributed by atoms with Gasteiger partial charge in [0.15, 0.2) is 0 Å². The Balaban J connectivity index is 1.83. The van der Waals surface area contributed by atoms with E-state index < -0.39 is 15.7 Å². The van der Waals surface area contributed by atoms with E-state index in [2.05, 4.69) is 4.98 Å². The molecule has 0 spiro atoms. The highest BCUT2D eigenvalue weighted by atomic mass is 32.2. The van der Waals surface area contributed by atoms with Crippen molar-refractivity contribution in [2.75, 3.05) is 12.9 Å². The Morgan fingerprint density at radius 1 is 1.30 bits per heavy atom. The molecule has 0 saturated heterocycles. The van der Waals surface area contributed by atoms with Crippen molar-refractivity contribution in [3.05, 3.63) is 64.3 Å². The first-order valence-corrected chi connectivity index (χ1v) is 10.4. The smallest absolute Gasteiger partial charge is 0.264 e. The van der Waals surface area contributed by atoms with Crippen LogP contribution in [0.25, 0.3) is 5.70 Å². The maximum absolute atomic E-state index is 12.7. The van der Waals surface area contributed by atoms with Gasteiger partial charge in [-0.05, 0) is 50.5 Å². The van der Waals surface area contributed by atoms with Crippen LogP contribution in [0.5, 0.6) is 5.75 Å². The summed E-state index contributed by atoms with van der Waals surface area (Å²) < 4.78 is 34.2. The number of aryl methyl sites for hydroxylation is 1. The Labute approximate surface area is 158 Å². The van der Waals surface area contributed by atoms with E-state index in [9.17, 15) is 13.2 Å². The molecule has 0 aromatic carbocycles. The second-order valence-electron chi connectivity index (χ2n) is 6.98. The molecule has 0 unspecified atom stereocenters. The minimum Gasteiger partial charge on any atom is -0.483 e. The van der Waals surface area contributed by atoms with E-state index in [1.165, 1.54) is 0 Å². The lowest BCUT2D eigenvalue weighted by molar-refractivity contribution is 0.157. The van der Waals surface area contributed by atoms with Gasteiger partial charge in [0.05, 0.1) is 24.1 Å². The van der Waals surface area contributed by atoms with Gasteiger partial charge < -0.3 is 4.74 Å². The molecular formula is C19H22N2O5S. The normalized spacial score (nSPS) is 15.6. The van der Waals surface area contributed by atoms with E-state index in [4.69, 9.17) is 8.92 Å². The quantitative estimate of drug-likeness (QED) is 0.555. The highest BCUT2D eigenvalue weighted by Crippen LogP contribution is 2.35. The van der Waals surface area contributed by atoms with E-state index in [0.717, 1.165) is 23.1 Å². The Kier molecular flexibility index (Phi) is 5.21. The van der Waals surface area contributed by atoms with Crippen LogP contribution in [0.4, 0.5) is 0 Å². The van der Waals surface area contributed by atoms with Crippen molar-refractivity contribution in [3.8, 4) is 5.75 Å².